The van der Waals surface area contributed by atoms with Crippen LogP contribution in [0.3, 0.4) is 0 Å². The number of aryl methyl sites for hydroxylation is 1. The molecule has 0 amide bonds. The van der Waals surface area contributed by atoms with Crippen molar-refractivity contribution in [2.45, 2.75) is 26.2 Å². The fraction of sp³-hybridized carbons (Fsp3) is 0.308. The van der Waals surface area contributed by atoms with Crippen molar-refractivity contribution >= 4 is 22.4 Å². The molecule has 1 aromatic carbocycles. The first-order valence-corrected chi connectivity index (χ1v) is 5.81. The Labute approximate surface area is 98.8 Å². The first-order valence-electron chi connectivity index (χ1n) is 5.43. The topological polar surface area (TPSA) is 30.2 Å². The van der Waals surface area contributed by atoms with Crippen molar-refractivity contribution in [2.75, 3.05) is 0 Å². The summed E-state index contributed by atoms with van der Waals surface area (Å²) in [5.74, 6) is 0.738. The van der Waals surface area contributed by atoms with Crippen LogP contribution in [0.4, 0.5) is 0 Å². The number of halogens is 1. The molecule has 0 N–H and O–H groups in total. The SMILES string of the molecule is CCCCc1cc2cc(Cl)ccc2c(=O)o1. The normalized spacial score (nSPS) is 10.9. The zero-order chi connectivity index (χ0) is 11.5. The summed E-state index contributed by atoms with van der Waals surface area (Å²) in [5, 5.41) is 2.08. The van der Waals surface area contributed by atoms with Crippen LogP contribution in [0.15, 0.2) is 33.5 Å². The van der Waals surface area contributed by atoms with Crippen molar-refractivity contribution in [1.29, 1.82) is 0 Å². The van der Waals surface area contributed by atoms with Crippen LogP contribution in [-0.4, -0.2) is 0 Å². The van der Waals surface area contributed by atoms with Crippen LogP contribution in [0.1, 0.15) is 25.5 Å². The van der Waals surface area contributed by atoms with Gasteiger partial charge in [-0.3, -0.25) is 0 Å². The average Bonchev–Trinajstić information content (AvgIpc) is 2.25. The maximum Gasteiger partial charge on any atom is 0.343 e. The highest BCUT2D eigenvalue weighted by Crippen LogP contribution is 2.18. The predicted octanol–water partition coefficient (Wildman–Crippen LogP) is 3.79. The van der Waals surface area contributed by atoms with Crippen molar-refractivity contribution in [3.05, 3.63) is 45.5 Å². The van der Waals surface area contributed by atoms with Gasteiger partial charge in [0, 0.05) is 11.4 Å². The van der Waals surface area contributed by atoms with Gasteiger partial charge in [-0.05, 0) is 36.1 Å². The molecule has 0 saturated carbocycles. The number of rotatable bonds is 3. The van der Waals surface area contributed by atoms with E-state index in [2.05, 4.69) is 6.92 Å². The fourth-order valence-electron chi connectivity index (χ4n) is 1.69. The van der Waals surface area contributed by atoms with E-state index in [1.54, 1.807) is 18.2 Å². The van der Waals surface area contributed by atoms with Gasteiger partial charge in [0.2, 0.25) is 0 Å². The molecule has 1 aromatic heterocycles. The monoisotopic (exact) mass is 236 g/mol. The zero-order valence-electron chi connectivity index (χ0n) is 9.13. The van der Waals surface area contributed by atoms with E-state index in [1.165, 1.54) is 0 Å². The van der Waals surface area contributed by atoms with E-state index in [4.69, 9.17) is 16.0 Å². The molecule has 2 aromatic rings. The summed E-state index contributed by atoms with van der Waals surface area (Å²) in [5.41, 5.74) is -0.278. The smallest absolute Gasteiger partial charge is 0.343 e. The molecule has 0 spiro atoms. The Balaban J connectivity index is 2.52. The number of hydrogen-bond donors (Lipinski definition) is 0. The highest BCUT2D eigenvalue weighted by Gasteiger charge is 2.04. The van der Waals surface area contributed by atoms with Gasteiger partial charge >= 0.3 is 5.63 Å². The van der Waals surface area contributed by atoms with Gasteiger partial charge in [0.15, 0.2) is 0 Å². The van der Waals surface area contributed by atoms with Gasteiger partial charge in [0.25, 0.3) is 0 Å². The van der Waals surface area contributed by atoms with Crippen LogP contribution < -0.4 is 5.63 Å². The summed E-state index contributed by atoms with van der Waals surface area (Å²) in [6.07, 6.45) is 2.90. The standard InChI is InChI=1S/C13H13ClO2/c1-2-3-4-11-8-9-7-10(14)5-6-12(9)13(15)16-11/h5-8H,2-4H2,1H3. The summed E-state index contributed by atoms with van der Waals surface area (Å²) in [6, 6.07) is 7.10. The van der Waals surface area contributed by atoms with Crippen molar-refractivity contribution in [3.8, 4) is 0 Å². The van der Waals surface area contributed by atoms with Crippen LogP contribution >= 0.6 is 11.6 Å². The largest absolute Gasteiger partial charge is 0.427 e. The molecule has 3 heteroatoms. The summed E-state index contributed by atoms with van der Waals surface area (Å²) < 4.78 is 5.23. The Morgan fingerprint density at radius 1 is 1.31 bits per heavy atom. The van der Waals surface area contributed by atoms with Gasteiger partial charge in [-0.2, -0.15) is 0 Å². The van der Waals surface area contributed by atoms with Gasteiger partial charge in [0.1, 0.15) is 5.76 Å². The number of benzene rings is 1. The van der Waals surface area contributed by atoms with Crippen molar-refractivity contribution < 1.29 is 4.42 Å². The van der Waals surface area contributed by atoms with E-state index in [9.17, 15) is 4.79 Å². The lowest BCUT2D eigenvalue weighted by molar-refractivity contribution is 0.460. The first-order chi connectivity index (χ1) is 7.70. The quantitative estimate of drug-likeness (QED) is 0.812. The number of unbranched alkanes of at least 4 members (excludes halogenated alkanes) is 1. The highest BCUT2D eigenvalue weighted by molar-refractivity contribution is 6.31. The fourth-order valence-corrected chi connectivity index (χ4v) is 1.87. The third kappa shape index (κ3) is 2.27. The summed E-state index contributed by atoms with van der Waals surface area (Å²) in [7, 11) is 0. The third-order valence-electron chi connectivity index (χ3n) is 2.55. The van der Waals surface area contributed by atoms with Crippen LogP contribution in [0.2, 0.25) is 5.02 Å². The van der Waals surface area contributed by atoms with E-state index >= 15 is 0 Å². The molecular weight excluding hydrogens is 224 g/mol. The summed E-state index contributed by atoms with van der Waals surface area (Å²) in [4.78, 5) is 11.7. The molecule has 2 rings (SSSR count). The van der Waals surface area contributed by atoms with Gasteiger partial charge in [-0.1, -0.05) is 24.9 Å². The first kappa shape index (κ1) is 11.2. The number of fused-ring (bicyclic) bond motifs is 1. The van der Waals surface area contributed by atoms with Crippen LogP contribution in [-0.2, 0) is 6.42 Å². The van der Waals surface area contributed by atoms with E-state index in [0.29, 0.717) is 10.4 Å². The minimum Gasteiger partial charge on any atom is -0.427 e. The molecule has 0 aliphatic carbocycles. The second kappa shape index (κ2) is 4.71. The molecule has 84 valence electrons. The summed E-state index contributed by atoms with van der Waals surface area (Å²) >= 11 is 5.90. The van der Waals surface area contributed by atoms with E-state index in [-0.39, 0.29) is 5.63 Å². The molecule has 0 saturated heterocycles. The third-order valence-corrected chi connectivity index (χ3v) is 2.79. The van der Waals surface area contributed by atoms with E-state index < -0.39 is 0 Å². The Hall–Kier alpha value is -1.28. The second-order valence-electron chi connectivity index (χ2n) is 3.84. The molecule has 0 radical (unpaired) electrons. The Kier molecular flexibility index (Phi) is 3.30. The van der Waals surface area contributed by atoms with E-state index in [0.717, 1.165) is 30.4 Å². The lowest BCUT2D eigenvalue weighted by atomic mass is 10.1. The lowest BCUT2D eigenvalue weighted by Crippen LogP contribution is -2.02. The summed E-state index contributed by atoms with van der Waals surface area (Å²) in [6.45, 7) is 2.11. The highest BCUT2D eigenvalue weighted by atomic mass is 35.5. The van der Waals surface area contributed by atoms with Crippen molar-refractivity contribution in [1.82, 2.24) is 0 Å². The molecule has 0 fully saturated rings. The second-order valence-corrected chi connectivity index (χ2v) is 4.27. The minimum absolute atomic E-state index is 0.278. The van der Waals surface area contributed by atoms with Gasteiger partial charge < -0.3 is 4.42 Å². The molecule has 16 heavy (non-hydrogen) atoms. The van der Waals surface area contributed by atoms with Crippen LogP contribution in [0, 0.1) is 0 Å². The molecule has 2 nitrogen and oxygen atoms in total. The molecule has 0 aliphatic heterocycles. The maximum atomic E-state index is 11.7. The van der Waals surface area contributed by atoms with Crippen LogP contribution in [0.25, 0.3) is 10.8 Å². The van der Waals surface area contributed by atoms with Gasteiger partial charge in [0.05, 0.1) is 5.39 Å². The molecular formula is C13H13ClO2. The molecule has 0 aliphatic rings. The Bertz CT molecular complexity index is 557. The molecule has 0 unspecified atom stereocenters. The lowest BCUT2D eigenvalue weighted by Gasteiger charge is -2.01. The number of hydrogen-bond acceptors (Lipinski definition) is 2. The van der Waals surface area contributed by atoms with Crippen molar-refractivity contribution in [3.63, 3.8) is 0 Å². The predicted molar refractivity (Wildman–Crippen MR) is 66.1 cm³/mol. The van der Waals surface area contributed by atoms with Gasteiger partial charge in [-0.25, -0.2) is 4.79 Å². The molecule has 0 atom stereocenters. The average molecular weight is 237 g/mol. The minimum atomic E-state index is -0.278. The van der Waals surface area contributed by atoms with Gasteiger partial charge in [-0.15, -0.1) is 0 Å². The zero-order valence-corrected chi connectivity index (χ0v) is 9.88. The van der Waals surface area contributed by atoms with Crippen LogP contribution in [0.5, 0.6) is 0 Å². The Morgan fingerprint density at radius 2 is 2.12 bits per heavy atom. The molecule has 1 heterocycles. The van der Waals surface area contributed by atoms with E-state index in [1.807, 2.05) is 6.07 Å². The molecule has 0 bridgehead atoms. The Morgan fingerprint density at radius 3 is 2.88 bits per heavy atom. The maximum absolute atomic E-state index is 11.7. The van der Waals surface area contributed by atoms with Crippen molar-refractivity contribution in [2.24, 2.45) is 0 Å².